The van der Waals surface area contributed by atoms with Gasteiger partial charge in [0.2, 0.25) is 0 Å². The number of likely N-dealkylation sites (tertiary alicyclic amines) is 1. The molecule has 1 N–H and O–H groups in total. The summed E-state index contributed by atoms with van der Waals surface area (Å²) in [4.78, 5) is 21.3. The Labute approximate surface area is 137 Å². The van der Waals surface area contributed by atoms with Crippen LogP contribution in [0, 0.1) is 0 Å². The van der Waals surface area contributed by atoms with E-state index < -0.39 is 0 Å². The lowest BCUT2D eigenvalue weighted by Gasteiger charge is -2.32. The first-order valence-electron chi connectivity index (χ1n) is 8.49. The number of carbonyl (C=O) groups excluding carboxylic acids is 1. The number of hydrogen-bond donors (Lipinski definition) is 1. The van der Waals surface area contributed by atoms with Crippen molar-refractivity contribution in [3.63, 3.8) is 0 Å². The average molecular weight is 318 g/mol. The quantitative estimate of drug-likeness (QED) is 0.897. The summed E-state index contributed by atoms with van der Waals surface area (Å²) in [6.07, 6.45) is 4.42. The van der Waals surface area contributed by atoms with Crippen molar-refractivity contribution >= 4 is 5.91 Å². The molecule has 23 heavy (non-hydrogen) atoms. The van der Waals surface area contributed by atoms with Gasteiger partial charge in [0.05, 0.1) is 17.9 Å². The lowest BCUT2D eigenvalue weighted by Crippen LogP contribution is -2.49. The standard InChI is InChI=1S/C17H26N4O2/c1-13(2)23-16-9-14(10-19-11-16)17(22)21-6-3-15(12-21)20-7-4-18-5-8-20/h9-11,13,15,18H,3-8,12H2,1-2H3. The van der Waals surface area contributed by atoms with Gasteiger partial charge in [-0.3, -0.25) is 14.7 Å². The molecule has 1 amide bonds. The molecule has 0 radical (unpaired) electrons. The normalized spacial score (nSPS) is 22.6. The lowest BCUT2D eigenvalue weighted by molar-refractivity contribution is 0.0772. The minimum absolute atomic E-state index is 0.0596. The van der Waals surface area contributed by atoms with E-state index in [1.165, 1.54) is 0 Å². The third-order valence-electron chi connectivity index (χ3n) is 4.45. The number of pyridine rings is 1. The maximum absolute atomic E-state index is 12.7. The Morgan fingerprint density at radius 2 is 2.09 bits per heavy atom. The maximum Gasteiger partial charge on any atom is 0.255 e. The van der Waals surface area contributed by atoms with Crippen molar-refractivity contribution in [1.29, 1.82) is 0 Å². The summed E-state index contributed by atoms with van der Waals surface area (Å²) in [6.45, 7) is 9.81. The highest BCUT2D eigenvalue weighted by Crippen LogP contribution is 2.20. The van der Waals surface area contributed by atoms with Crippen LogP contribution in [0.2, 0.25) is 0 Å². The fourth-order valence-corrected chi connectivity index (χ4v) is 3.33. The van der Waals surface area contributed by atoms with Crippen molar-refractivity contribution in [2.24, 2.45) is 0 Å². The van der Waals surface area contributed by atoms with Gasteiger partial charge < -0.3 is 15.0 Å². The Balaban J connectivity index is 1.62. The number of aromatic nitrogens is 1. The largest absolute Gasteiger partial charge is 0.489 e. The predicted octanol–water partition coefficient (Wildman–Crippen LogP) is 0.989. The highest BCUT2D eigenvalue weighted by atomic mass is 16.5. The van der Waals surface area contributed by atoms with E-state index in [0.717, 1.165) is 45.7 Å². The van der Waals surface area contributed by atoms with Crippen LogP contribution in [0.3, 0.4) is 0 Å². The van der Waals surface area contributed by atoms with Crippen LogP contribution in [0.5, 0.6) is 5.75 Å². The van der Waals surface area contributed by atoms with Crippen molar-refractivity contribution in [2.75, 3.05) is 39.3 Å². The summed E-state index contributed by atoms with van der Waals surface area (Å²) < 4.78 is 5.64. The molecule has 1 unspecified atom stereocenters. The number of piperazine rings is 1. The summed E-state index contributed by atoms with van der Waals surface area (Å²) in [5.74, 6) is 0.716. The Morgan fingerprint density at radius 3 is 2.83 bits per heavy atom. The van der Waals surface area contributed by atoms with Crippen LogP contribution in [0.4, 0.5) is 0 Å². The molecule has 1 aromatic heterocycles. The van der Waals surface area contributed by atoms with Gasteiger partial charge in [-0.05, 0) is 26.3 Å². The summed E-state index contributed by atoms with van der Waals surface area (Å²) in [5, 5.41) is 3.38. The number of nitrogens with one attached hydrogen (secondary N) is 1. The van der Waals surface area contributed by atoms with E-state index in [9.17, 15) is 4.79 Å². The van der Waals surface area contributed by atoms with Crippen LogP contribution >= 0.6 is 0 Å². The first-order valence-corrected chi connectivity index (χ1v) is 8.49. The number of ether oxygens (including phenoxy) is 1. The van der Waals surface area contributed by atoms with E-state index in [4.69, 9.17) is 4.74 Å². The molecule has 2 saturated heterocycles. The van der Waals surface area contributed by atoms with Gasteiger partial charge in [-0.25, -0.2) is 0 Å². The molecule has 6 heteroatoms. The van der Waals surface area contributed by atoms with Gasteiger partial charge in [0.1, 0.15) is 5.75 Å². The van der Waals surface area contributed by atoms with Crippen molar-refractivity contribution in [1.82, 2.24) is 20.1 Å². The van der Waals surface area contributed by atoms with E-state index in [0.29, 0.717) is 17.4 Å². The summed E-state index contributed by atoms with van der Waals surface area (Å²) >= 11 is 0. The van der Waals surface area contributed by atoms with Gasteiger partial charge in [0.15, 0.2) is 0 Å². The lowest BCUT2D eigenvalue weighted by atomic mass is 10.2. The van der Waals surface area contributed by atoms with Gasteiger partial charge in [0, 0.05) is 51.5 Å². The second kappa shape index (κ2) is 7.27. The topological polar surface area (TPSA) is 57.7 Å². The molecule has 1 aromatic rings. The van der Waals surface area contributed by atoms with Crippen LogP contribution in [0.1, 0.15) is 30.6 Å². The summed E-state index contributed by atoms with van der Waals surface area (Å²) in [5.41, 5.74) is 0.615. The Kier molecular flexibility index (Phi) is 5.13. The van der Waals surface area contributed by atoms with Crippen LogP contribution < -0.4 is 10.1 Å². The average Bonchev–Trinajstić information content (AvgIpc) is 3.04. The SMILES string of the molecule is CC(C)Oc1cncc(C(=O)N2CCC(N3CCNCC3)C2)c1. The van der Waals surface area contributed by atoms with Crippen LogP contribution in [-0.4, -0.2) is 72.1 Å². The Hall–Kier alpha value is -1.66. The van der Waals surface area contributed by atoms with E-state index in [-0.39, 0.29) is 12.0 Å². The van der Waals surface area contributed by atoms with Crippen LogP contribution in [-0.2, 0) is 0 Å². The molecule has 0 aromatic carbocycles. The maximum atomic E-state index is 12.7. The van der Waals surface area contributed by atoms with Crippen molar-refractivity contribution in [3.8, 4) is 5.75 Å². The van der Waals surface area contributed by atoms with Crippen molar-refractivity contribution in [2.45, 2.75) is 32.4 Å². The minimum atomic E-state index is 0.0596. The fourth-order valence-electron chi connectivity index (χ4n) is 3.33. The number of nitrogens with zero attached hydrogens (tertiary/aromatic N) is 3. The zero-order valence-electron chi connectivity index (χ0n) is 14.0. The molecule has 2 aliphatic rings. The smallest absolute Gasteiger partial charge is 0.255 e. The first-order chi connectivity index (χ1) is 11.1. The van der Waals surface area contributed by atoms with E-state index >= 15 is 0 Å². The van der Waals surface area contributed by atoms with Crippen LogP contribution in [0.25, 0.3) is 0 Å². The molecule has 1 atom stereocenters. The Morgan fingerprint density at radius 1 is 1.30 bits per heavy atom. The van der Waals surface area contributed by atoms with Crippen LogP contribution in [0.15, 0.2) is 18.5 Å². The minimum Gasteiger partial charge on any atom is -0.489 e. The van der Waals surface area contributed by atoms with Gasteiger partial charge in [-0.1, -0.05) is 0 Å². The molecule has 126 valence electrons. The number of hydrogen-bond acceptors (Lipinski definition) is 5. The fraction of sp³-hybridized carbons (Fsp3) is 0.647. The highest BCUT2D eigenvalue weighted by molar-refractivity contribution is 5.94. The molecule has 0 aliphatic carbocycles. The zero-order chi connectivity index (χ0) is 16.2. The number of carbonyl (C=O) groups is 1. The molecular weight excluding hydrogens is 292 g/mol. The molecular formula is C17H26N4O2. The van der Waals surface area contributed by atoms with Crippen molar-refractivity contribution in [3.05, 3.63) is 24.0 Å². The van der Waals surface area contributed by atoms with Gasteiger partial charge in [-0.15, -0.1) is 0 Å². The van der Waals surface area contributed by atoms with Gasteiger partial charge in [0.25, 0.3) is 5.91 Å². The third-order valence-corrected chi connectivity index (χ3v) is 4.45. The molecule has 2 aliphatic heterocycles. The monoisotopic (exact) mass is 318 g/mol. The van der Waals surface area contributed by atoms with E-state index in [2.05, 4.69) is 15.2 Å². The second-order valence-electron chi connectivity index (χ2n) is 6.56. The Bertz CT molecular complexity index is 543. The molecule has 0 spiro atoms. The molecule has 3 heterocycles. The second-order valence-corrected chi connectivity index (χ2v) is 6.56. The number of rotatable bonds is 4. The summed E-state index contributed by atoms with van der Waals surface area (Å²) in [6, 6.07) is 2.29. The van der Waals surface area contributed by atoms with Gasteiger partial charge >= 0.3 is 0 Å². The number of amides is 1. The summed E-state index contributed by atoms with van der Waals surface area (Å²) in [7, 11) is 0. The molecule has 2 fully saturated rings. The first kappa shape index (κ1) is 16.2. The van der Waals surface area contributed by atoms with E-state index in [1.807, 2.05) is 18.7 Å². The molecule has 3 rings (SSSR count). The molecule has 0 saturated carbocycles. The van der Waals surface area contributed by atoms with Crippen molar-refractivity contribution < 1.29 is 9.53 Å². The third kappa shape index (κ3) is 4.00. The molecule has 6 nitrogen and oxygen atoms in total. The predicted molar refractivity (Wildman–Crippen MR) is 88.8 cm³/mol. The van der Waals surface area contributed by atoms with Gasteiger partial charge in [-0.2, -0.15) is 0 Å². The van der Waals surface area contributed by atoms with E-state index in [1.54, 1.807) is 18.5 Å². The zero-order valence-corrected chi connectivity index (χ0v) is 14.0. The highest BCUT2D eigenvalue weighted by Gasteiger charge is 2.31. The molecule has 0 bridgehead atoms.